The fraction of sp³-hybridized carbons (Fsp3) is 0.167. The van der Waals surface area contributed by atoms with E-state index in [0.717, 1.165) is 17.7 Å². The molecule has 1 aliphatic rings. The van der Waals surface area contributed by atoms with Gasteiger partial charge in [-0.1, -0.05) is 11.6 Å². The monoisotopic (exact) mass is 687 g/mol. The Labute approximate surface area is 211 Å². The Morgan fingerprint density at radius 2 is 1.82 bits per heavy atom. The summed E-state index contributed by atoms with van der Waals surface area (Å²) in [6, 6.07) is 16.2. The van der Waals surface area contributed by atoms with Crippen LogP contribution in [0.3, 0.4) is 0 Å². The third kappa shape index (κ3) is 6.30. The van der Waals surface area contributed by atoms with Crippen molar-refractivity contribution in [3.63, 3.8) is 0 Å². The van der Waals surface area contributed by atoms with Crippen LogP contribution < -0.4 is 27.9 Å². The predicted octanol–water partition coefficient (Wildman–Crippen LogP) is 2.45. The van der Waals surface area contributed by atoms with E-state index in [4.69, 9.17) is 16.6 Å². The molecule has 33 heavy (non-hydrogen) atoms. The van der Waals surface area contributed by atoms with E-state index in [9.17, 15) is 9.59 Å². The van der Waals surface area contributed by atoms with Gasteiger partial charge in [-0.25, -0.2) is 4.98 Å². The minimum atomic E-state index is -0.769. The zero-order valence-corrected chi connectivity index (χ0v) is 23.1. The van der Waals surface area contributed by atoms with E-state index in [1.807, 2.05) is 37.3 Å². The van der Waals surface area contributed by atoms with Gasteiger partial charge < -0.3 is 0 Å². The molecule has 0 saturated carbocycles. The van der Waals surface area contributed by atoms with Crippen molar-refractivity contribution in [1.29, 1.82) is 0 Å². The predicted molar refractivity (Wildman–Crippen MR) is 139 cm³/mol. The number of rotatable bonds is 5. The van der Waals surface area contributed by atoms with Gasteiger partial charge in [0.25, 0.3) is 0 Å². The summed E-state index contributed by atoms with van der Waals surface area (Å²) >= 11 is 5.14. The van der Waals surface area contributed by atoms with Gasteiger partial charge in [0.1, 0.15) is 0 Å². The van der Waals surface area contributed by atoms with E-state index in [2.05, 4.69) is 20.5 Å². The van der Waals surface area contributed by atoms with Crippen molar-refractivity contribution in [1.82, 2.24) is 4.98 Å². The average Bonchev–Trinajstić information content (AvgIpc) is 2.81. The number of alkyl halides is 2. The summed E-state index contributed by atoms with van der Waals surface area (Å²) in [5.74, 6) is -0.254. The number of aliphatic imine (C=N–C) groups is 1. The first kappa shape index (κ1) is 24.1. The molecule has 0 aliphatic carbocycles. The van der Waals surface area contributed by atoms with Gasteiger partial charge >= 0.3 is 173 Å². The molecule has 0 radical (unpaired) electrons. The van der Waals surface area contributed by atoms with Crippen LogP contribution in [0, 0.1) is 6.92 Å². The van der Waals surface area contributed by atoms with E-state index in [1.54, 1.807) is 24.3 Å². The summed E-state index contributed by atoms with van der Waals surface area (Å²) in [5, 5.41) is 6.11. The Bertz CT molecular complexity index is 1210. The number of amides is 2. The molecule has 1 aromatic heterocycles. The number of halogens is 3. The number of benzene rings is 2. The van der Waals surface area contributed by atoms with Crippen LogP contribution in [-0.4, -0.2) is 36.4 Å². The van der Waals surface area contributed by atoms with Gasteiger partial charge in [-0.15, -0.1) is 0 Å². The fourth-order valence-corrected chi connectivity index (χ4v) is 15.4. The van der Waals surface area contributed by atoms with Gasteiger partial charge in [-0.3, -0.25) is 0 Å². The molecule has 6 nitrogen and oxygen atoms in total. The Balaban J connectivity index is 1.50. The van der Waals surface area contributed by atoms with E-state index >= 15 is 0 Å². The normalized spacial score (nSPS) is 14.6. The van der Waals surface area contributed by atoms with Crippen LogP contribution in [0.25, 0.3) is 0 Å². The number of nitrogens with one attached hydrogen (secondary N) is 2. The van der Waals surface area contributed by atoms with Crippen LogP contribution in [0.5, 0.6) is 0 Å². The average molecular weight is 688 g/mol. The molecular formula is C24H22ClI2N4O2-. The van der Waals surface area contributed by atoms with Crippen molar-refractivity contribution in [3.8, 4) is 0 Å². The van der Waals surface area contributed by atoms with Crippen LogP contribution in [0.2, 0.25) is 5.02 Å². The molecule has 2 amide bonds. The first-order valence-corrected chi connectivity index (χ1v) is 21.5. The number of carbonyl (C=O) groups is 2. The van der Waals surface area contributed by atoms with Crippen LogP contribution in [-0.2, 0) is 0 Å². The second kappa shape index (κ2) is 10.9. The van der Waals surface area contributed by atoms with Crippen LogP contribution >= 0.6 is 27.4 Å². The maximum atomic E-state index is 12.9. The van der Waals surface area contributed by atoms with Crippen molar-refractivity contribution in [2.45, 2.75) is 6.92 Å². The Morgan fingerprint density at radius 3 is 2.52 bits per heavy atom. The van der Waals surface area contributed by atoms with Crippen molar-refractivity contribution in [2.24, 2.45) is 4.99 Å². The molecule has 0 saturated heterocycles. The standard InChI is InChI=1S/C24H22ClI2N4O2/c1-15-3-9-20(19(13-15)24(33)31-21-10-8-18(25)14-29-21)30-23(32)17-6-4-16(5-7-17)22-26-27(2)11-12-28-22/h3-10,13-14H,11-12H2,1-2H3,(H,30,32)(H,29,31,33)/q-1. The molecule has 2 heterocycles. The second-order valence-corrected chi connectivity index (χ2v) is 25.3. The van der Waals surface area contributed by atoms with Crippen molar-refractivity contribution >= 4 is 54.5 Å². The summed E-state index contributed by atoms with van der Waals surface area (Å²) < 4.78 is 2.59. The van der Waals surface area contributed by atoms with E-state index in [0.29, 0.717) is 27.7 Å². The van der Waals surface area contributed by atoms with E-state index in [1.165, 1.54) is 14.3 Å². The van der Waals surface area contributed by atoms with Gasteiger partial charge in [0, 0.05) is 6.20 Å². The van der Waals surface area contributed by atoms with Gasteiger partial charge in [-0.2, -0.15) is 0 Å². The fourth-order valence-electron chi connectivity index (χ4n) is 3.11. The summed E-state index contributed by atoms with van der Waals surface area (Å²) in [6.07, 6.45) is 1.46. The first-order valence-electron chi connectivity index (χ1n) is 10.1. The summed E-state index contributed by atoms with van der Waals surface area (Å²) in [4.78, 5) is 37.1. The molecule has 3 aromatic rings. The molecule has 2 N–H and O–H groups in total. The summed E-state index contributed by atoms with van der Waals surface area (Å²) in [5.41, 5.74) is 3.36. The van der Waals surface area contributed by atoms with Crippen molar-refractivity contribution in [2.75, 3.05) is 26.5 Å². The quantitative estimate of drug-likeness (QED) is 0.320. The molecule has 0 unspecified atom stereocenters. The maximum absolute atomic E-state index is 12.9. The SMILES string of the molecule is Cc1ccc(NC(=O)c2ccc(C3=NCCI(C)[I-]3)cc2)c(C(=O)Nc2ccc(Cl)cn2)c1. The molecular weight excluding hydrogens is 666 g/mol. The number of hydrogen-bond acceptors (Lipinski definition) is 4. The second-order valence-electron chi connectivity index (χ2n) is 7.34. The minimum absolute atomic E-state index is 0.0515. The number of nitrogens with zero attached hydrogens (tertiary/aromatic N) is 2. The Morgan fingerprint density at radius 1 is 1.03 bits per heavy atom. The van der Waals surface area contributed by atoms with E-state index < -0.39 is 15.8 Å². The summed E-state index contributed by atoms with van der Waals surface area (Å²) in [6.45, 7) is 2.84. The molecule has 0 bridgehead atoms. The molecule has 1 aliphatic heterocycles. The molecule has 4 rings (SSSR count). The van der Waals surface area contributed by atoms with Gasteiger partial charge in [0.05, 0.1) is 5.02 Å². The van der Waals surface area contributed by atoms with Gasteiger partial charge in [0.2, 0.25) is 0 Å². The number of pyridine rings is 1. The van der Waals surface area contributed by atoms with Gasteiger partial charge in [0.15, 0.2) is 0 Å². The van der Waals surface area contributed by atoms with E-state index in [-0.39, 0.29) is 29.0 Å². The summed E-state index contributed by atoms with van der Waals surface area (Å²) in [7, 11) is 0. The topological polar surface area (TPSA) is 83.5 Å². The van der Waals surface area contributed by atoms with Crippen LogP contribution in [0.4, 0.5) is 11.5 Å². The number of anilines is 2. The molecule has 0 fully saturated rings. The number of carbonyl (C=O) groups excluding carboxylic acids is 2. The number of aryl methyl sites for hydroxylation is 1. The molecule has 172 valence electrons. The molecule has 2 aromatic carbocycles. The molecule has 9 heteroatoms. The third-order valence-electron chi connectivity index (χ3n) is 4.81. The Kier molecular flexibility index (Phi) is 7.97. The van der Waals surface area contributed by atoms with Crippen molar-refractivity contribution < 1.29 is 26.8 Å². The zero-order chi connectivity index (χ0) is 23.4. The molecule has 0 atom stereocenters. The zero-order valence-electron chi connectivity index (χ0n) is 18.0. The van der Waals surface area contributed by atoms with Crippen LogP contribution in [0.15, 0.2) is 65.8 Å². The first-order chi connectivity index (χ1) is 15.9. The number of hydrogen-bond donors (Lipinski definition) is 2. The molecule has 0 spiro atoms. The third-order valence-corrected chi connectivity index (χ3v) is 19.0. The van der Waals surface area contributed by atoms with Crippen molar-refractivity contribution in [3.05, 3.63) is 88.1 Å². The van der Waals surface area contributed by atoms with Gasteiger partial charge in [-0.05, 0) is 12.1 Å². The van der Waals surface area contributed by atoms with Crippen LogP contribution in [0.1, 0.15) is 31.8 Å². The number of aromatic nitrogens is 1. The Hall–Kier alpha value is -2.05.